The first-order valence-corrected chi connectivity index (χ1v) is 6.53. The quantitative estimate of drug-likeness (QED) is 0.767. The Labute approximate surface area is 121 Å². The lowest BCUT2D eigenvalue weighted by Crippen LogP contribution is -2.13. The van der Waals surface area contributed by atoms with Gasteiger partial charge in [0.25, 0.3) is 5.91 Å². The third-order valence-electron chi connectivity index (χ3n) is 3.02. The molecular formula is C16H11ClN2O. The molecule has 2 aromatic carbocycles. The zero-order valence-electron chi connectivity index (χ0n) is 10.5. The average Bonchev–Trinajstić information content (AvgIpc) is 2.49. The van der Waals surface area contributed by atoms with Crippen LogP contribution in [0.15, 0.2) is 60.8 Å². The molecule has 0 atom stereocenters. The molecule has 0 fully saturated rings. The summed E-state index contributed by atoms with van der Waals surface area (Å²) in [6.45, 7) is 0. The molecular weight excluding hydrogens is 272 g/mol. The summed E-state index contributed by atoms with van der Waals surface area (Å²) < 4.78 is 0. The number of hydrogen-bond acceptors (Lipinski definition) is 2. The Morgan fingerprint density at radius 1 is 1.00 bits per heavy atom. The van der Waals surface area contributed by atoms with E-state index in [9.17, 15) is 4.79 Å². The molecule has 4 heteroatoms. The molecule has 0 aliphatic carbocycles. The van der Waals surface area contributed by atoms with Crippen LogP contribution in [0, 0.1) is 0 Å². The van der Waals surface area contributed by atoms with E-state index in [-0.39, 0.29) is 5.91 Å². The van der Waals surface area contributed by atoms with E-state index >= 15 is 0 Å². The Morgan fingerprint density at radius 3 is 2.65 bits per heavy atom. The summed E-state index contributed by atoms with van der Waals surface area (Å²) in [6, 6.07) is 16.8. The number of amides is 1. The lowest BCUT2D eigenvalue weighted by Gasteiger charge is -2.08. The molecule has 3 nitrogen and oxygen atoms in total. The van der Waals surface area contributed by atoms with Crippen molar-refractivity contribution in [2.24, 2.45) is 0 Å². The second kappa shape index (κ2) is 5.31. The molecule has 0 unspecified atom stereocenters. The highest BCUT2D eigenvalue weighted by molar-refractivity contribution is 6.33. The maximum Gasteiger partial charge on any atom is 0.257 e. The molecule has 1 N–H and O–H groups in total. The molecule has 3 rings (SSSR count). The number of pyridine rings is 1. The lowest BCUT2D eigenvalue weighted by molar-refractivity contribution is 0.102. The molecule has 0 spiro atoms. The van der Waals surface area contributed by atoms with Crippen molar-refractivity contribution in [3.63, 3.8) is 0 Å². The minimum atomic E-state index is -0.220. The van der Waals surface area contributed by atoms with Crippen LogP contribution in [0.25, 0.3) is 10.8 Å². The predicted molar refractivity (Wildman–Crippen MR) is 81.1 cm³/mol. The molecule has 3 aromatic rings. The molecule has 20 heavy (non-hydrogen) atoms. The van der Waals surface area contributed by atoms with Gasteiger partial charge in [-0.05, 0) is 29.0 Å². The van der Waals surface area contributed by atoms with E-state index in [1.165, 1.54) is 0 Å². The number of rotatable bonds is 2. The smallest absolute Gasteiger partial charge is 0.257 e. The number of halogens is 1. The van der Waals surface area contributed by atoms with E-state index in [4.69, 9.17) is 11.6 Å². The van der Waals surface area contributed by atoms with Gasteiger partial charge < -0.3 is 5.32 Å². The van der Waals surface area contributed by atoms with Crippen LogP contribution in [0.1, 0.15) is 10.4 Å². The molecule has 1 heterocycles. The van der Waals surface area contributed by atoms with Crippen LogP contribution in [0.5, 0.6) is 0 Å². The van der Waals surface area contributed by atoms with E-state index in [0.717, 1.165) is 10.8 Å². The zero-order valence-corrected chi connectivity index (χ0v) is 11.3. The topological polar surface area (TPSA) is 42.0 Å². The fourth-order valence-electron chi connectivity index (χ4n) is 2.08. The van der Waals surface area contributed by atoms with Crippen molar-refractivity contribution < 1.29 is 4.79 Å². The highest BCUT2D eigenvalue weighted by atomic mass is 35.5. The van der Waals surface area contributed by atoms with Gasteiger partial charge in [0, 0.05) is 11.8 Å². The van der Waals surface area contributed by atoms with Gasteiger partial charge in [0.2, 0.25) is 0 Å². The normalized spacial score (nSPS) is 10.4. The van der Waals surface area contributed by atoms with Crippen molar-refractivity contribution in [3.8, 4) is 0 Å². The summed E-state index contributed by atoms with van der Waals surface area (Å²) in [4.78, 5) is 16.4. The van der Waals surface area contributed by atoms with Gasteiger partial charge in [-0.1, -0.05) is 48.0 Å². The number of nitrogens with zero attached hydrogens (tertiary/aromatic N) is 1. The first-order valence-electron chi connectivity index (χ1n) is 6.15. The summed E-state index contributed by atoms with van der Waals surface area (Å²) in [5.41, 5.74) is 0.602. The Morgan fingerprint density at radius 2 is 1.80 bits per heavy atom. The summed E-state index contributed by atoms with van der Waals surface area (Å²) >= 11 is 6.00. The van der Waals surface area contributed by atoms with Crippen molar-refractivity contribution in [2.75, 3.05) is 5.32 Å². The standard InChI is InChI=1S/C16H11ClN2O/c17-14-9-4-10-18-15(14)19-16(20)13-8-3-6-11-5-1-2-7-12(11)13/h1-10H,(H,18,19,20). The first kappa shape index (κ1) is 12.6. The largest absolute Gasteiger partial charge is 0.305 e. The lowest BCUT2D eigenvalue weighted by atomic mass is 10.0. The summed E-state index contributed by atoms with van der Waals surface area (Å²) in [5.74, 6) is 0.148. The SMILES string of the molecule is O=C(Nc1ncccc1Cl)c1cccc2ccccc12. The number of anilines is 1. The summed E-state index contributed by atoms with van der Waals surface area (Å²) in [5, 5.41) is 5.08. The molecule has 0 bridgehead atoms. The fourth-order valence-corrected chi connectivity index (χ4v) is 2.24. The number of aromatic nitrogens is 1. The van der Waals surface area contributed by atoms with E-state index in [0.29, 0.717) is 16.4 Å². The third kappa shape index (κ3) is 2.36. The number of nitrogens with one attached hydrogen (secondary N) is 1. The maximum absolute atomic E-state index is 12.4. The summed E-state index contributed by atoms with van der Waals surface area (Å²) in [6.07, 6.45) is 1.59. The number of benzene rings is 2. The van der Waals surface area contributed by atoms with E-state index in [1.807, 2.05) is 36.4 Å². The van der Waals surface area contributed by atoms with Crippen molar-refractivity contribution in [1.29, 1.82) is 0 Å². The first-order chi connectivity index (χ1) is 9.75. The van der Waals surface area contributed by atoms with Crippen molar-refractivity contribution >= 4 is 34.1 Å². The van der Waals surface area contributed by atoms with Crippen molar-refractivity contribution in [3.05, 3.63) is 71.4 Å². The summed E-state index contributed by atoms with van der Waals surface area (Å²) in [7, 11) is 0. The molecule has 0 saturated carbocycles. The Kier molecular flexibility index (Phi) is 3.35. The number of hydrogen-bond donors (Lipinski definition) is 1. The molecule has 1 aromatic heterocycles. The Bertz CT molecular complexity index is 781. The number of fused-ring (bicyclic) bond motifs is 1. The number of carbonyl (C=O) groups is 1. The molecule has 0 aliphatic heterocycles. The molecule has 0 saturated heterocycles. The van der Waals surface area contributed by atoms with Crippen molar-refractivity contribution in [2.45, 2.75) is 0 Å². The molecule has 98 valence electrons. The van der Waals surface area contributed by atoms with Gasteiger partial charge in [-0.15, -0.1) is 0 Å². The average molecular weight is 283 g/mol. The second-order valence-corrected chi connectivity index (χ2v) is 4.72. The van der Waals surface area contributed by atoms with Gasteiger partial charge in [0.1, 0.15) is 0 Å². The second-order valence-electron chi connectivity index (χ2n) is 4.31. The number of carbonyl (C=O) groups excluding carboxylic acids is 1. The highest BCUT2D eigenvalue weighted by Crippen LogP contribution is 2.22. The van der Waals surface area contributed by atoms with Gasteiger partial charge in [0.05, 0.1) is 5.02 Å². The van der Waals surface area contributed by atoms with Gasteiger partial charge in [-0.3, -0.25) is 4.79 Å². The monoisotopic (exact) mass is 282 g/mol. The van der Waals surface area contributed by atoms with Crippen LogP contribution in [0.4, 0.5) is 5.82 Å². The van der Waals surface area contributed by atoms with Crippen LogP contribution in [0.2, 0.25) is 5.02 Å². The molecule has 1 amide bonds. The Hall–Kier alpha value is -2.39. The van der Waals surface area contributed by atoms with Gasteiger partial charge in [0.15, 0.2) is 5.82 Å². The van der Waals surface area contributed by atoms with E-state index in [2.05, 4.69) is 10.3 Å². The van der Waals surface area contributed by atoms with Crippen LogP contribution >= 0.6 is 11.6 Å². The van der Waals surface area contributed by atoms with Crippen LogP contribution in [-0.4, -0.2) is 10.9 Å². The predicted octanol–water partition coefficient (Wildman–Crippen LogP) is 4.14. The molecule has 0 aliphatic rings. The molecule has 0 radical (unpaired) electrons. The van der Waals surface area contributed by atoms with Crippen LogP contribution < -0.4 is 5.32 Å². The van der Waals surface area contributed by atoms with E-state index in [1.54, 1.807) is 24.4 Å². The van der Waals surface area contributed by atoms with Crippen molar-refractivity contribution in [1.82, 2.24) is 4.98 Å². The Balaban J connectivity index is 1.99. The fraction of sp³-hybridized carbons (Fsp3) is 0. The van der Waals surface area contributed by atoms with Gasteiger partial charge >= 0.3 is 0 Å². The van der Waals surface area contributed by atoms with Gasteiger partial charge in [-0.2, -0.15) is 0 Å². The van der Waals surface area contributed by atoms with Gasteiger partial charge in [-0.25, -0.2) is 4.98 Å². The van der Waals surface area contributed by atoms with Crippen LogP contribution in [0.3, 0.4) is 0 Å². The highest BCUT2D eigenvalue weighted by Gasteiger charge is 2.11. The minimum Gasteiger partial charge on any atom is -0.305 e. The van der Waals surface area contributed by atoms with Crippen LogP contribution in [-0.2, 0) is 0 Å². The minimum absolute atomic E-state index is 0.220. The van der Waals surface area contributed by atoms with E-state index < -0.39 is 0 Å². The maximum atomic E-state index is 12.4. The zero-order chi connectivity index (χ0) is 13.9. The third-order valence-corrected chi connectivity index (χ3v) is 3.33.